The molecule has 20 heavy (non-hydrogen) atoms. The van der Waals surface area contributed by atoms with Crippen LogP contribution in [0.25, 0.3) is 0 Å². The van der Waals surface area contributed by atoms with Crippen molar-refractivity contribution in [3.63, 3.8) is 0 Å². The molecule has 1 fully saturated rings. The van der Waals surface area contributed by atoms with Gasteiger partial charge in [0.1, 0.15) is 0 Å². The highest BCUT2D eigenvalue weighted by molar-refractivity contribution is 5.10. The Morgan fingerprint density at radius 2 is 2.10 bits per heavy atom. The molecule has 0 bridgehead atoms. The van der Waals surface area contributed by atoms with Crippen molar-refractivity contribution in [3.8, 4) is 0 Å². The Balaban J connectivity index is 2.27. The Morgan fingerprint density at radius 1 is 1.40 bits per heavy atom. The molecule has 0 radical (unpaired) electrons. The van der Waals surface area contributed by atoms with E-state index in [2.05, 4.69) is 50.6 Å². The summed E-state index contributed by atoms with van der Waals surface area (Å²) in [6, 6.07) is 0.334. The third-order valence-corrected chi connectivity index (χ3v) is 5.33. The van der Waals surface area contributed by atoms with Crippen LogP contribution in [0.2, 0.25) is 0 Å². The van der Waals surface area contributed by atoms with Crippen molar-refractivity contribution in [1.29, 1.82) is 0 Å². The van der Waals surface area contributed by atoms with Crippen LogP contribution in [0.3, 0.4) is 0 Å². The Bertz CT molecular complexity index is 436. The number of hydrogen-bond acceptors (Lipinski definition) is 2. The Kier molecular flexibility index (Phi) is 4.58. The van der Waals surface area contributed by atoms with Gasteiger partial charge in [-0.2, -0.15) is 5.10 Å². The van der Waals surface area contributed by atoms with E-state index in [0.29, 0.717) is 23.3 Å². The average Bonchev–Trinajstić information content (AvgIpc) is 2.88. The lowest BCUT2D eigenvalue weighted by molar-refractivity contribution is 0.0171. The number of aliphatic hydroxyl groups excluding tert-OH is 1. The zero-order valence-electron chi connectivity index (χ0n) is 13.6. The molecule has 2 rings (SSSR count). The number of hydrogen-bond donors (Lipinski definition) is 1. The van der Waals surface area contributed by atoms with Gasteiger partial charge in [-0.05, 0) is 42.1 Å². The van der Waals surface area contributed by atoms with E-state index >= 15 is 0 Å². The Labute approximate surface area is 123 Å². The van der Waals surface area contributed by atoms with Crippen molar-refractivity contribution in [3.05, 3.63) is 18.0 Å². The van der Waals surface area contributed by atoms with E-state index in [-0.39, 0.29) is 6.10 Å². The van der Waals surface area contributed by atoms with E-state index in [1.807, 2.05) is 6.20 Å². The normalized spacial score (nSPS) is 28.1. The van der Waals surface area contributed by atoms with Gasteiger partial charge in [0.2, 0.25) is 0 Å². The molecule has 1 aromatic heterocycles. The summed E-state index contributed by atoms with van der Waals surface area (Å²) in [5.74, 6) is 1.10. The van der Waals surface area contributed by atoms with Crippen LogP contribution in [0, 0.1) is 11.3 Å². The van der Waals surface area contributed by atoms with Gasteiger partial charge in [-0.3, -0.25) is 4.68 Å². The molecule has 1 aromatic rings. The summed E-state index contributed by atoms with van der Waals surface area (Å²) in [5, 5.41) is 14.7. The lowest BCUT2D eigenvalue weighted by Crippen LogP contribution is -2.38. The highest BCUT2D eigenvalue weighted by Crippen LogP contribution is 2.46. The highest BCUT2D eigenvalue weighted by Gasteiger charge is 2.39. The maximum Gasteiger partial charge on any atom is 0.0577 e. The van der Waals surface area contributed by atoms with Gasteiger partial charge in [-0.25, -0.2) is 0 Å². The molecular weight excluding hydrogens is 248 g/mol. The second-order valence-electron chi connectivity index (χ2n) is 7.39. The second-order valence-corrected chi connectivity index (χ2v) is 7.39. The number of rotatable bonds is 4. The molecule has 3 nitrogen and oxygen atoms in total. The third kappa shape index (κ3) is 3.08. The van der Waals surface area contributed by atoms with E-state index in [4.69, 9.17) is 0 Å². The first-order valence-electron chi connectivity index (χ1n) is 8.07. The molecule has 1 aliphatic carbocycles. The largest absolute Gasteiger partial charge is 0.393 e. The van der Waals surface area contributed by atoms with Crippen molar-refractivity contribution in [2.24, 2.45) is 11.3 Å². The smallest absolute Gasteiger partial charge is 0.0577 e. The Hall–Kier alpha value is -0.830. The molecule has 0 aliphatic heterocycles. The van der Waals surface area contributed by atoms with Crippen molar-refractivity contribution in [2.45, 2.75) is 78.4 Å². The monoisotopic (exact) mass is 278 g/mol. The maximum absolute atomic E-state index is 10.1. The predicted octanol–water partition coefficient (Wildman–Crippen LogP) is 4.14. The molecule has 1 aliphatic rings. The van der Waals surface area contributed by atoms with Crippen LogP contribution in [0.15, 0.2) is 12.4 Å². The summed E-state index contributed by atoms with van der Waals surface area (Å²) in [4.78, 5) is 0. The summed E-state index contributed by atoms with van der Waals surface area (Å²) in [6.45, 7) is 11.4. The van der Waals surface area contributed by atoms with Crippen LogP contribution in [0.5, 0.6) is 0 Å². The minimum absolute atomic E-state index is 0.171. The van der Waals surface area contributed by atoms with Gasteiger partial charge in [0.05, 0.1) is 18.3 Å². The van der Waals surface area contributed by atoms with Crippen LogP contribution in [0.1, 0.15) is 77.8 Å². The molecule has 3 unspecified atom stereocenters. The van der Waals surface area contributed by atoms with Crippen molar-refractivity contribution < 1.29 is 5.11 Å². The summed E-state index contributed by atoms with van der Waals surface area (Å²) >= 11 is 0. The van der Waals surface area contributed by atoms with E-state index < -0.39 is 0 Å². The van der Waals surface area contributed by atoms with Gasteiger partial charge in [0, 0.05) is 6.20 Å². The van der Waals surface area contributed by atoms with Crippen LogP contribution >= 0.6 is 0 Å². The van der Waals surface area contributed by atoms with Gasteiger partial charge < -0.3 is 5.11 Å². The predicted molar refractivity (Wildman–Crippen MR) is 82.8 cm³/mol. The molecule has 114 valence electrons. The van der Waals surface area contributed by atoms with Gasteiger partial charge in [-0.15, -0.1) is 0 Å². The zero-order chi connectivity index (χ0) is 14.9. The molecule has 0 aromatic carbocycles. The lowest BCUT2D eigenvalue weighted by Gasteiger charge is -2.43. The first kappa shape index (κ1) is 15.6. The topological polar surface area (TPSA) is 38.0 Å². The standard InChI is InChI=1S/C17H30N2O/c1-6-17(4,5)15-8-7-14(20)9-16(15)19-11-13(10-18-19)12(2)3/h10-12,14-16,20H,6-9H2,1-5H3. The molecule has 0 amide bonds. The van der Waals surface area contributed by atoms with E-state index in [1.54, 1.807) is 0 Å². The van der Waals surface area contributed by atoms with E-state index in [0.717, 1.165) is 19.3 Å². The Morgan fingerprint density at radius 3 is 2.65 bits per heavy atom. The average molecular weight is 278 g/mol. The van der Waals surface area contributed by atoms with Crippen LogP contribution in [-0.2, 0) is 0 Å². The molecule has 3 atom stereocenters. The van der Waals surface area contributed by atoms with Crippen molar-refractivity contribution in [1.82, 2.24) is 9.78 Å². The minimum atomic E-state index is -0.171. The number of nitrogens with zero attached hydrogens (tertiary/aromatic N) is 2. The van der Waals surface area contributed by atoms with Gasteiger partial charge in [0.15, 0.2) is 0 Å². The highest BCUT2D eigenvalue weighted by atomic mass is 16.3. The summed E-state index contributed by atoms with van der Waals surface area (Å²) in [7, 11) is 0. The van der Waals surface area contributed by atoms with Crippen LogP contribution in [-0.4, -0.2) is 21.0 Å². The number of aliphatic hydroxyl groups is 1. The molecule has 1 saturated carbocycles. The molecule has 0 saturated heterocycles. The molecule has 0 spiro atoms. The maximum atomic E-state index is 10.1. The first-order valence-corrected chi connectivity index (χ1v) is 8.07. The molecular formula is C17H30N2O. The summed E-state index contributed by atoms with van der Waals surface area (Å²) in [5.41, 5.74) is 1.59. The fourth-order valence-corrected chi connectivity index (χ4v) is 3.42. The summed E-state index contributed by atoms with van der Waals surface area (Å²) in [6.07, 6.45) is 8.05. The van der Waals surface area contributed by atoms with Crippen LogP contribution in [0.4, 0.5) is 0 Å². The van der Waals surface area contributed by atoms with Gasteiger partial charge in [-0.1, -0.05) is 41.0 Å². The zero-order valence-corrected chi connectivity index (χ0v) is 13.6. The molecule has 3 heteroatoms. The van der Waals surface area contributed by atoms with Crippen LogP contribution < -0.4 is 0 Å². The molecule has 1 N–H and O–H groups in total. The quantitative estimate of drug-likeness (QED) is 0.898. The lowest BCUT2D eigenvalue weighted by atomic mass is 9.66. The van der Waals surface area contributed by atoms with Crippen molar-refractivity contribution in [2.75, 3.05) is 0 Å². The van der Waals surface area contributed by atoms with E-state index in [9.17, 15) is 5.11 Å². The SMILES string of the molecule is CCC(C)(C)C1CCC(O)CC1n1cc(C(C)C)cn1. The molecule has 1 heterocycles. The third-order valence-electron chi connectivity index (χ3n) is 5.33. The minimum Gasteiger partial charge on any atom is -0.393 e. The van der Waals surface area contributed by atoms with Gasteiger partial charge in [0.25, 0.3) is 0 Å². The second kappa shape index (κ2) is 5.88. The van der Waals surface area contributed by atoms with Gasteiger partial charge >= 0.3 is 0 Å². The fraction of sp³-hybridized carbons (Fsp3) is 0.824. The first-order chi connectivity index (χ1) is 9.35. The summed E-state index contributed by atoms with van der Waals surface area (Å²) < 4.78 is 2.12. The fourth-order valence-electron chi connectivity index (χ4n) is 3.42. The van der Waals surface area contributed by atoms with Crippen molar-refractivity contribution >= 4 is 0 Å². The van der Waals surface area contributed by atoms with E-state index in [1.165, 1.54) is 12.0 Å². The number of aromatic nitrogens is 2.